The number of fused-ring (bicyclic) bond motifs is 1. The Balaban J connectivity index is 2.05. The topological polar surface area (TPSA) is 87.7 Å². The molecule has 1 aliphatic heterocycles. The molecule has 3 N–H and O–H groups in total. The monoisotopic (exact) mass is 318 g/mol. The second-order valence-electron chi connectivity index (χ2n) is 4.64. The Labute approximate surface area is 124 Å². The van der Waals surface area contributed by atoms with Crippen LogP contribution >= 0.6 is 23.2 Å². The standard InChI is InChI=1S/C12H12Cl2N2O4/c13-5-1-7-8(2-6(5)14)16(4-15-7)12-11(19)10(18)9(3-17)20-12/h1-2,4,9-12,17-19H,3H2/t9-,10-,11?,12-/m1/s1. The van der Waals surface area contributed by atoms with Crippen LogP contribution in [0.2, 0.25) is 10.0 Å². The molecule has 2 aromatic rings. The summed E-state index contributed by atoms with van der Waals surface area (Å²) in [7, 11) is 0. The first kappa shape index (κ1) is 14.1. The average Bonchev–Trinajstić information content (AvgIpc) is 2.94. The first-order valence-corrected chi connectivity index (χ1v) is 6.72. The van der Waals surface area contributed by atoms with Gasteiger partial charge in [0.1, 0.15) is 18.3 Å². The van der Waals surface area contributed by atoms with Crippen LogP contribution in [0.5, 0.6) is 0 Å². The van der Waals surface area contributed by atoms with Gasteiger partial charge in [-0.2, -0.15) is 0 Å². The molecule has 1 aromatic carbocycles. The normalized spacial score (nSPS) is 30.2. The Morgan fingerprint density at radius 3 is 2.55 bits per heavy atom. The van der Waals surface area contributed by atoms with E-state index in [0.717, 1.165) is 0 Å². The van der Waals surface area contributed by atoms with Gasteiger partial charge in [0.2, 0.25) is 0 Å². The third kappa shape index (κ3) is 2.09. The van der Waals surface area contributed by atoms with Gasteiger partial charge >= 0.3 is 0 Å². The maximum Gasteiger partial charge on any atom is 0.164 e. The van der Waals surface area contributed by atoms with Gasteiger partial charge in [-0.3, -0.25) is 0 Å². The summed E-state index contributed by atoms with van der Waals surface area (Å²) >= 11 is 11.9. The quantitative estimate of drug-likeness (QED) is 0.767. The molecule has 0 bridgehead atoms. The van der Waals surface area contributed by atoms with Crippen molar-refractivity contribution in [3.8, 4) is 0 Å². The van der Waals surface area contributed by atoms with Gasteiger partial charge in [0.15, 0.2) is 6.23 Å². The van der Waals surface area contributed by atoms with E-state index in [9.17, 15) is 10.2 Å². The Bertz CT molecular complexity index is 648. The summed E-state index contributed by atoms with van der Waals surface area (Å²) in [5.74, 6) is 0. The molecule has 8 heteroatoms. The van der Waals surface area contributed by atoms with Crippen molar-refractivity contribution < 1.29 is 20.1 Å². The van der Waals surface area contributed by atoms with Gasteiger partial charge in [0.05, 0.1) is 34.0 Å². The average molecular weight is 319 g/mol. The van der Waals surface area contributed by atoms with Crippen molar-refractivity contribution in [1.29, 1.82) is 0 Å². The summed E-state index contributed by atoms with van der Waals surface area (Å²) in [6.07, 6.45) is -2.54. The molecule has 1 aliphatic rings. The lowest BCUT2D eigenvalue weighted by Crippen LogP contribution is -2.33. The third-order valence-corrected chi connectivity index (χ3v) is 4.13. The van der Waals surface area contributed by atoms with Crippen LogP contribution in [0.3, 0.4) is 0 Å². The van der Waals surface area contributed by atoms with Crippen molar-refractivity contribution in [1.82, 2.24) is 9.55 Å². The number of hydrogen-bond donors (Lipinski definition) is 3. The van der Waals surface area contributed by atoms with Gasteiger partial charge in [-0.05, 0) is 12.1 Å². The van der Waals surface area contributed by atoms with Gasteiger partial charge in [-0.15, -0.1) is 0 Å². The van der Waals surface area contributed by atoms with E-state index in [0.29, 0.717) is 21.1 Å². The van der Waals surface area contributed by atoms with Gasteiger partial charge in [0.25, 0.3) is 0 Å². The molecule has 4 atom stereocenters. The minimum absolute atomic E-state index is 0.354. The zero-order chi connectivity index (χ0) is 14.4. The fourth-order valence-corrected chi connectivity index (χ4v) is 2.65. The van der Waals surface area contributed by atoms with Crippen molar-refractivity contribution in [3.63, 3.8) is 0 Å². The van der Waals surface area contributed by atoms with E-state index in [-0.39, 0.29) is 6.61 Å². The minimum atomic E-state index is -1.17. The van der Waals surface area contributed by atoms with E-state index in [1.165, 1.54) is 6.33 Å². The molecule has 1 fully saturated rings. The molecule has 1 saturated heterocycles. The van der Waals surface area contributed by atoms with Crippen LogP contribution in [0, 0.1) is 0 Å². The van der Waals surface area contributed by atoms with Crippen molar-refractivity contribution >= 4 is 34.2 Å². The highest BCUT2D eigenvalue weighted by Crippen LogP contribution is 2.34. The molecule has 0 aliphatic carbocycles. The number of hydrogen-bond acceptors (Lipinski definition) is 5. The van der Waals surface area contributed by atoms with Gasteiger partial charge in [-0.25, -0.2) is 4.98 Å². The molecular weight excluding hydrogens is 307 g/mol. The van der Waals surface area contributed by atoms with Crippen LogP contribution in [0.15, 0.2) is 18.5 Å². The molecule has 2 heterocycles. The van der Waals surface area contributed by atoms with Crippen LogP contribution in [0.25, 0.3) is 11.0 Å². The Morgan fingerprint density at radius 1 is 1.20 bits per heavy atom. The predicted octanol–water partition coefficient (Wildman–Crippen LogP) is 0.955. The highest BCUT2D eigenvalue weighted by molar-refractivity contribution is 6.42. The number of aliphatic hydroxyl groups excluding tert-OH is 3. The summed E-state index contributed by atoms with van der Waals surface area (Å²) in [6, 6.07) is 3.22. The van der Waals surface area contributed by atoms with E-state index in [1.54, 1.807) is 16.7 Å². The van der Waals surface area contributed by atoms with Crippen molar-refractivity contribution in [2.45, 2.75) is 24.5 Å². The molecule has 0 radical (unpaired) electrons. The molecule has 0 spiro atoms. The van der Waals surface area contributed by atoms with Crippen LogP contribution in [-0.2, 0) is 4.74 Å². The summed E-state index contributed by atoms with van der Waals surface area (Å²) in [5, 5.41) is 29.6. The fourth-order valence-electron chi connectivity index (χ4n) is 2.34. The number of halogens is 2. The van der Waals surface area contributed by atoms with Crippen LogP contribution in [0.4, 0.5) is 0 Å². The summed E-state index contributed by atoms with van der Waals surface area (Å²) in [6.45, 7) is -0.381. The maximum atomic E-state index is 10.0. The number of ether oxygens (including phenoxy) is 1. The highest BCUT2D eigenvalue weighted by Gasteiger charge is 2.43. The molecule has 0 amide bonds. The van der Waals surface area contributed by atoms with E-state index >= 15 is 0 Å². The Morgan fingerprint density at radius 2 is 1.90 bits per heavy atom. The van der Waals surface area contributed by atoms with Crippen LogP contribution < -0.4 is 0 Å². The molecule has 20 heavy (non-hydrogen) atoms. The summed E-state index contributed by atoms with van der Waals surface area (Å²) in [5.41, 5.74) is 1.21. The lowest BCUT2D eigenvalue weighted by Gasteiger charge is -2.17. The smallest absolute Gasteiger partial charge is 0.164 e. The number of aromatic nitrogens is 2. The van der Waals surface area contributed by atoms with Crippen molar-refractivity contribution in [3.05, 3.63) is 28.5 Å². The van der Waals surface area contributed by atoms with Crippen molar-refractivity contribution in [2.75, 3.05) is 6.61 Å². The lowest BCUT2D eigenvalue weighted by molar-refractivity contribution is -0.0508. The van der Waals surface area contributed by atoms with Crippen LogP contribution in [0.1, 0.15) is 6.23 Å². The first-order chi connectivity index (χ1) is 9.52. The summed E-state index contributed by atoms with van der Waals surface area (Å²) in [4.78, 5) is 4.16. The van der Waals surface area contributed by atoms with Gasteiger partial charge < -0.3 is 24.6 Å². The second kappa shape index (κ2) is 5.14. The van der Waals surface area contributed by atoms with E-state index in [2.05, 4.69) is 4.98 Å². The number of nitrogens with zero attached hydrogens (tertiary/aromatic N) is 2. The number of benzene rings is 1. The number of rotatable bonds is 2. The Kier molecular flexibility index (Phi) is 3.62. The molecule has 1 aromatic heterocycles. The zero-order valence-corrected chi connectivity index (χ0v) is 11.7. The lowest BCUT2D eigenvalue weighted by atomic mass is 10.1. The molecule has 108 valence electrons. The molecule has 6 nitrogen and oxygen atoms in total. The van der Waals surface area contributed by atoms with E-state index < -0.39 is 24.5 Å². The Hall–Kier alpha value is -0.890. The second-order valence-corrected chi connectivity index (χ2v) is 5.45. The summed E-state index contributed by atoms with van der Waals surface area (Å²) < 4.78 is 7.01. The SMILES string of the molecule is OC[C@H]1O[C@@H](n2cnc3cc(Cl)c(Cl)cc32)C(O)[C@@H]1O. The largest absolute Gasteiger partial charge is 0.394 e. The number of imidazole rings is 1. The predicted molar refractivity (Wildman–Crippen MR) is 72.8 cm³/mol. The third-order valence-electron chi connectivity index (χ3n) is 3.41. The van der Waals surface area contributed by atoms with E-state index in [1.807, 2.05) is 0 Å². The number of aliphatic hydroxyl groups is 3. The minimum Gasteiger partial charge on any atom is -0.394 e. The molecular formula is C12H12Cl2N2O4. The van der Waals surface area contributed by atoms with Crippen molar-refractivity contribution in [2.24, 2.45) is 0 Å². The molecule has 1 unspecified atom stereocenters. The first-order valence-electron chi connectivity index (χ1n) is 5.97. The highest BCUT2D eigenvalue weighted by atomic mass is 35.5. The molecule has 3 rings (SSSR count). The fraction of sp³-hybridized carbons (Fsp3) is 0.417. The van der Waals surface area contributed by atoms with Gasteiger partial charge in [0, 0.05) is 0 Å². The molecule has 0 saturated carbocycles. The van der Waals surface area contributed by atoms with Crippen LogP contribution in [-0.4, -0.2) is 49.8 Å². The van der Waals surface area contributed by atoms with E-state index in [4.69, 9.17) is 33.0 Å². The zero-order valence-electron chi connectivity index (χ0n) is 10.1. The maximum absolute atomic E-state index is 10.0. The van der Waals surface area contributed by atoms with Gasteiger partial charge in [-0.1, -0.05) is 23.2 Å².